The van der Waals surface area contributed by atoms with E-state index in [-0.39, 0.29) is 19.2 Å². The molecule has 0 aromatic heterocycles. The number of aliphatic hydroxyl groups is 2. The molecular weight excluding hydrogens is 358 g/mol. The molecule has 1 unspecified atom stereocenters. The number of carbonyl (C=O) groups excluding carboxylic acids is 1. The number of carbonyl (C=O) groups is 1. The molecule has 1 heterocycles. The average molecular weight is 386 g/mol. The minimum absolute atomic E-state index is 0.251. The highest BCUT2D eigenvalue weighted by atomic mass is 35.5. The van der Waals surface area contributed by atoms with Crippen LogP contribution in [0.3, 0.4) is 0 Å². The number of anilines is 2. The number of nitrogens with zero attached hydrogens (tertiary/aromatic N) is 2. The van der Waals surface area contributed by atoms with Gasteiger partial charge < -0.3 is 30.1 Å². The number of piperazine rings is 1. The number of ether oxygens (including phenoxy) is 1. The van der Waals surface area contributed by atoms with E-state index in [2.05, 4.69) is 10.2 Å². The lowest BCUT2D eigenvalue weighted by atomic mass is 10.2. The molecule has 0 saturated carbocycles. The molecule has 1 aromatic carbocycles. The Balaban J connectivity index is 1.91. The Morgan fingerprint density at radius 2 is 1.96 bits per heavy atom. The first-order chi connectivity index (χ1) is 12.2. The molecule has 1 aliphatic heterocycles. The van der Waals surface area contributed by atoms with Crippen LogP contribution >= 0.6 is 11.6 Å². The van der Waals surface area contributed by atoms with Gasteiger partial charge in [0.25, 0.3) is 0 Å². The van der Waals surface area contributed by atoms with E-state index in [9.17, 15) is 9.90 Å². The van der Waals surface area contributed by atoms with Crippen molar-refractivity contribution in [3.05, 3.63) is 23.2 Å². The van der Waals surface area contributed by atoms with Crippen LogP contribution < -0.4 is 10.2 Å². The number of nitrogens with one attached hydrogen (secondary N) is 1. The van der Waals surface area contributed by atoms with Gasteiger partial charge in [-0.15, -0.1) is 0 Å². The summed E-state index contributed by atoms with van der Waals surface area (Å²) >= 11 is 6.40. The van der Waals surface area contributed by atoms with Crippen molar-refractivity contribution in [3.63, 3.8) is 0 Å². The maximum absolute atomic E-state index is 12.1. The Labute approximate surface area is 159 Å². The van der Waals surface area contributed by atoms with Gasteiger partial charge in [0.2, 0.25) is 0 Å². The van der Waals surface area contributed by atoms with Gasteiger partial charge in [-0.05, 0) is 39.0 Å². The number of aliphatic hydroxyl groups excluding tert-OH is 2. The lowest BCUT2D eigenvalue weighted by Gasteiger charge is -2.37. The lowest BCUT2D eigenvalue weighted by molar-refractivity contribution is 0.0240. The predicted octanol–water partition coefficient (Wildman–Crippen LogP) is 2.16. The van der Waals surface area contributed by atoms with Crippen LogP contribution in [0.25, 0.3) is 0 Å². The normalized spacial score (nSPS) is 16.4. The molecule has 0 bridgehead atoms. The standard InChI is InChI=1S/C18H28ClN3O4/c1-18(2,3)26-17(25)22-8-6-21(7-9-22)16-5-4-13(10-15(16)19)20-11-14(24)12-23/h4-5,10,14,20,23-24H,6-9,11-12H2,1-3H3. The van der Waals surface area contributed by atoms with Gasteiger partial charge in [0, 0.05) is 38.4 Å². The molecule has 3 N–H and O–H groups in total. The number of hydrogen-bond acceptors (Lipinski definition) is 6. The zero-order chi connectivity index (χ0) is 19.3. The van der Waals surface area contributed by atoms with Crippen molar-refractivity contribution >= 4 is 29.1 Å². The van der Waals surface area contributed by atoms with Crippen LogP contribution in [-0.2, 0) is 4.74 Å². The third kappa shape index (κ3) is 5.93. The number of amides is 1. The molecule has 2 rings (SSSR count). The molecule has 26 heavy (non-hydrogen) atoms. The summed E-state index contributed by atoms with van der Waals surface area (Å²) in [6.07, 6.45) is -1.10. The Hall–Kier alpha value is -1.70. The number of rotatable bonds is 5. The van der Waals surface area contributed by atoms with Crippen molar-refractivity contribution in [2.24, 2.45) is 0 Å². The monoisotopic (exact) mass is 385 g/mol. The molecule has 1 atom stereocenters. The molecule has 7 nitrogen and oxygen atoms in total. The fourth-order valence-electron chi connectivity index (χ4n) is 2.63. The van der Waals surface area contributed by atoms with Crippen molar-refractivity contribution in [1.82, 2.24) is 4.90 Å². The van der Waals surface area contributed by atoms with Crippen molar-refractivity contribution in [1.29, 1.82) is 0 Å². The van der Waals surface area contributed by atoms with Gasteiger partial charge in [-0.25, -0.2) is 4.79 Å². The molecular formula is C18H28ClN3O4. The van der Waals surface area contributed by atoms with Crippen LogP contribution in [-0.4, -0.2) is 72.2 Å². The maximum Gasteiger partial charge on any atom is 0.410 e. The van der Waals surface area contributed by atoms with E-state index in [0.29, 0.717) is 31.2 Å². The van der Waals surface area contributed by atoms with Gasteiger partial charge >= 0.3 is 6.09 Å². The first-order valence-corrected chi connectivity index (χ1v) is 9.12. The fourth-order valence-corrected chi connectivity index (χ4v) is 2.93. The minimum Gasteiger partial charge on any atom is -0.444 e. The van der Waals surface area contributed by atoms with Crippen molar-refractivity contribution in [2.75, 3.05) is 49.5 Å². The summed E-state index contributed by atoms with van der Waals surface area (Å²) in [4.78, 5) is 16.0. The molecule has 146 valence electrons. The summed E-state index contributed by atoms with van der Waals surface area (Å²) < 4.78 is 5.41. The molecule has 1 amide bonds. The molecule has 1 saturated heterocycles. The highest BCUT2D eigenvalue weighted by Crippen LogP contribution is 2.29. The van der Waals surface area contributed by atoms with E-state index in [1.54, 1.807) is 11.0 Å². The fraction of sp³-hybridized carbons (Fsp3) is 0.611. The van der Waals surface area contributed by atoms with Gasteiger partial charge in [-0.3, -0.25) is 0 Å². The Kier molecular flexibility index (Phi) is 6.97. The lowest BCUT2D eigenvalue weighted by Crippen LogP contribution is -2.50. The zero-order valence-electron chi connectivity index (χ0n) is 15.5. The van der Waals surface area contributed by atoms with Crippen LogP contribution in [0.5, 0.6) is 0 Å². The second kappa shape index (κ2) is 8.79. The van der Waals surface area contributed by atoms with Crippen LogP contribution in [0.2, 0.25) is 5.02 Å². The minimum atomic E-state index is -0.811. The van der Waals surface area contributed by atoms with Crippen molar-refractivity contribution in [3.8, 4) is 0 Å². The van der Waals surface area contributed by atoms with Crippen LogP contribution in [0.4, 0.5) is 16.2 Å². The maximum atomic E-state index is 12.1. The molecule has 0 spiro atoms. The highest BCUT2D eigenvalue weighted by molar-refractivity contribution is 6.33. The number of benzene rings is 1. The van der Waals surface area contributed by atoms with E-state index in [4.69, 9.17) is 21.4 Å². The van der Waals surface area contributed by atoms with Crippen molar-refractivity contribution < 1.29 is 19.7 Å². The van der Waals surface area contributed by atoms with Gasteiger partial charge in [-0.1, -0.05) is 11.6 Å². The first kappa shape index (κ1) is 20.6. The molecule has 1 fully saturated rings. The molecule has 1 aromatic rings. The van der Waals surface area contributed by atoms with E-state index >= 15 is 0 Å². The van der Waals surface area contributed by atoms with Gasteiger partial charge in [0.15, 0.2) is 0 Å². The summed E-state index contributed by atoms with van der Waals surface area (Å²) in [6, 6.07) is 5.59. The first-order valence-electron chi connectivity index (χ1n) is 8.75. The topological polar surface area (TPSA) is 85.3 Å². The summed E-state index contributed by atoms with van der Waals surface area (Å²) in [5.74, 6) is 0. The smallest absolute Gasteiger partial charge is 0.410 e. The molecule has 0 radical (unpaired) electrons. The third-order valence-corrected chi connectivity index (χ3v) is 4.28. The van der Waals surface area contributed by atoms with E-state index in [0.717, 1.165) is 11.4 Å². The SMILES string of the molecule is CC(C)(C)OC(=O)N1CCN(c2ccc(NCC(O)CO)cc2Cl)CC1. The molecule has 8 heteroatoms. The highest BCUT2D eigenvalue weighted by Gasteiger charge is 2.26. The Morgan fingerprint density at radius 3 is 2.50 bits per heavy atom. The average Bonchev–Trinajstić information content (AvgIpc) is 2.58. The van der Waals surface area contributed by atoms with E-state index < -0.39 is 11.7 Å². The third-order valence-electron chi connectivity index (χ3n) is 3.97. The van der Waals surface area contributed by atoms with Crippen molar-refractivity contribution in [2.45, 2.75) is 32.5 Å². The predicted molar refractivity (Wildman–Crippen MR) is 103 cm³/mol. The van der Waals surface area contributed by atoms with E-state index in [1.807, 2.05) is 32.9 Å². The molecule has 1 aliphatic rings. The summed E-state index contributed by atoms with van der Waals surface area (Å²) in [7, 11) is 0. The summed E-state index contributed by atoms with van der Waals surface area (Å²) in [5.41, 5.74) is 1.19. The second-order valence-electron chi connectivity index (χ2n) is 7.34. The van der Waals surface area contributed by atoms with Crippen LogP contribution in [0, 0.1) is 0 Å². The number of halogens is 1. The summed E-state index contributed by atoms with van der Waals surface area (Å²) in [6.45, 7) is 8.04. The molecule has 0 aliphatic carbocycles. The summed E-state index contributed by atoms with van der Waals surface area (Å²) in [5, 5.41) is 21.9. The van der Waals surface area contributed by atoms with Gasteiger partial charge in [0.05, 0.1) is 23.4 Å². The second-order valence-corrected chi connectivity index (χ2v) is 7.75. The van der Waals surface area contributed by atoms with Crippen LogP contribution in [0.1, 0.15) is 20.8 Å². The largest absolute Gasteiger partial charge is 0.444 e. The number of hydrogen-bond donors (Lipinski definition) is 3. The quantitative estimate of drug-likeness (QED) is 0.720. The van der Waals surface area contributed by atoms with Gasteiger partial charge in [0.1, 0.15) is 5.60 Å². The Morgan fingerprint density at radius 1 is 1.31 bits per heavy atom. The zero-order valence-corrected chi connectivity index (χ0v) is 16.3. The van der Waals surface area contributed by atoms with Gasteiger partial charge in [-0.2, -0.15) is 0 Å². The van der Waals surface area contributed by atoms with E-state index in [1.165, 1.54) is 0 Å². The Bertz CT molecular complexity index is 613. The van der Waals surface area contributed by atoms with Crippen LogP contribution in [0.15, 0.2) is 18.2 Å².